The topological polar surface area (TPSA) is 61.3 Å². The summed E-state index contributed by atoms with van der Waals surface area (Å²) in [5.74, 6) is 0.761. The molecule has 0 fully saturated rings. The molecule has 0 aliphatic rings. The fourth-order valence-corrected chi connectivity index (χ4v) is 1.59. The van der Waals surface area contributed by atoms with Crippen LogP contribution in [0.2, 0.25) is 0 Å². The molecule has 3 heteroatoms. The minimum absolute atomic E-state index is 0.698. The van der Waals surface area contributed by atoms with Crippen molar-refractivity contribution in [2.75, 3.05) is 18.6 Å². The molecule has 4 N–H and O–H groups in total. The fraction of sp³-hybridized carbons (Fsp3) is 0.0769. The molecule has 0 heterocycles. The van der Waals surface area contributed by atoms with Gasteiger partial charge in [-0.3, -0.25) is 0 Å². The largest absolute Gasteiger partial charge is 0.497 e. The fourth-order valence-electron chi connectivity index (χ4n) is 1.59. The number of benzene rings is 2. The number of rotatable bonds is 2. The van der Waals surface area contributed by atoms with E-state index in [1.807, 2.05) is 42.5 Å². The van der Waals surface area contributed by atoms with E-state index >= 15 is 0 Å². The molecular formula is C13H14N2O. The van der Waals surface area contributed by atoms with Crippen LogP contribution in [0.15, 0.2) is 42.5 Å². The Morgan fingerprint density at radius 3 is 2.19 bits per heavy atom. The van der Waals surface area contributed by atoms with Crippen LogP contribution < -0.4 is 16.2 Å². The zero-order chi connectivity index (χ0) is 11.5. The van der Waals surface area contributed by atoms with E-state index < -0.39 is 0 Å². The van der Waals surface area contributed by atoms with Gasteiger partial charge in [0.2, 0.25) is 0 Å². The Morgan fingerprint density at radius 1 is 0.938 bits per heavy atom. The highest BCUT2D eigenvalue weighted by Crippen LogP contribution is 2.29. The Morgan fingerprint density at radius 2 is 1.62 bits per heavy atom. The van der Waals surface area contributed by atoms with Gasteiger partial charge in [-0.1, -0.05) is 12.1 Å². The van der Waals surface area contributed by atoms with Crippen LogP contribution in [0.3, 0.4) is 0 Å². The standard InChI is InChI=1S/C13H14N2O/c1-16-11-6-7-12(13(15)8-11)9-2-4-10(14)5-3-9/h2-8H,14-15H2,1H3. The van der Waals surface area contributed by atoms with E-state index in [0.29, 0.717) is 5.69 Å². The predicted octanol–water partition coefficient (Wildman–Crippen LogP) is 2.53. The van der Waals surface area contributed by atoms with Gasteiger partial charge < -0.3 is 16.2 Å². The molecule has 0 amide bonds. The lowest BCUT2D eigenvalue weighted by atomic mass is 10.0. The quantitative estimate of drug-likeness (QED) is 0.755. The van der Waals surface area contributed by atoms with Crippen molar-refractivity contribution in [3.05, 3.63) is 42.5 Å². The van der Waals surface area contributed by atoms with Gasteiger partial charge in [0.15, 0.2) is 0 Å². The van der Waals surface area contributed by atoms with Crippen molar-refractivity contribution < 1.29 is 4.74 Å². The van der Waals surface area contributed by atoms with E-state index in [1.54, 1.807) is 7.11 Å². The monoisotopic (exact) mass is 214 g/mol. The van der Waals surface area contributed by atoms with E-state index in [0.717, 1.165) is 22.6 Å². The SMILES string of the molecule is COc1ccc(-c2ccc(N)cc2)c(N)c1. The first-order chi connectivity index (χ1) is 7.70. The molecule has 0 aromatic heterocycles. The third kappa shape index (κ3) is 1.93. The van der Waals surface area contributed by atoms with Gasteiger partial charge in [-0.25, -0.2) is 0 Å². The zero-order valence-corrected chi connectivity index (χ0v) is 9.10. The summed E-state index contributed by atoms with van der Waals surface area (Å²) in [6.45, 7) is 0. The number of ether oxygens (including phenoxy) is 1. The molecule has 2 rings (SSSR count). The van der Waals surface area contributed by atoms with Crippen molar-refractivity contribution in [1.29, 1.82) is 0 Å². The van der Waals surface area contributed by atoms with E-state index in [9.17, 15) is 0 Å². The molecule has 0 spiro atoms. The Balaban J connectivity index is 2.44. The Bertz CT molecular complexity index is 492. The van der Waals surface area contributed by atoms with Crippen LogP contribution in [0.5, 0.6) is 5.75 Å². The maximum Gasteiger partial charge on any atom is 0.120 e. The summed E-state index contributed by atoms with van der Waals surface area (Å²) in [6, 6.07) is 13.3. The van der Waals surface area contributed by atoms with E-state index in [-0.39, 0.29) is 0 Å². The minimum atomic E-state index is 0.698. The highest BCUT2D eigenvalue weighted by molar-refractivity contribution is 5.78. The molecule has 0 radical (unpaired) electrons. The van der Waals surface area contributed by atoms with E-state index in [4.69, 9.17) is 16.2 Å². The number of nitrogen functional groups attached to an aromatic ring is 2. The van der Waals surface area contributed by atoms with Crippen LogP contribution in [0.1, 0.15) is 0 Å². The molecule has 16 heavy (non-hydrogen) atoms. The number of hydrogen-bond donors (Lipinski definition) is 2. The maximum atomic E-state index is 5.96. The minimum Gasteiger partial charge on any atom is -0.497 e. The van der Waals surface area contributed by atoms with Crippen molar-refractivity contribution in [2.45, 2.75) is 0 Å². The second kappa shape index (κ2) is 4.14. The Hall–Kier alpha value is -2.16. The van der Waals surface area contributed by atoms with Crippen LogP contribution in [-0.4, -0.2) is 7.11 Å². The molecule has 3 nitrogen and oxygen atoms in total. The van der Waals surface area contributed by atoms with Gasteiger partial charge in [-0.2, -0.15) is 0 Å². The summed E-state index contributed by atoms with van der Waals surface area (Å²) in [7, 11) is 1.62. The zero-order valence-electron chi connectivity index (χ0n) is 9.10. The molecule has 2 aromatic carbocycles. The summed E-state index contributed by atoms with van der Waals surface area (Å²) in [5, 5.41) is 0. The molecular weight excluding hydrogens is 200 g/mol. The highest BCUT2D eigenvalue weighted by atomic mass is 16.5. The number of hydrogen-bond acceptors (Lipinski definition) is 3. The second-order valence-corrected chi connectivity index (χ2v) is 3.58. The lowest BCUT2D eigenvalue weighted by Crippen LogP contribution is -1.92. The molecule has 0 atom stereocenters. The maximum absolute atomic E-state index is 5.96. The van der Waals surface area contributed by atoms with Crippen LogP contribution in [0.25, 0.3) is 11.1 Å². The van der Waals surface area contributed by atoms with Crippen LogP contribution in [0, 0.1) is 0 Å². The van der Waals surface area contributed by atoms with Crippen LogP contribution in [0.4, 0.5) is 11.4 Å². The number of nitrogens with two attached hydrogens (primary N) is 2. The summed E-state index contributed by atoms with van der Waals surface area (Å²) in [6.07, 6.45) is 0. The van der Waals surface area contributed by atoms with Gasteiger partial charge in [0.1, 0.15) is 5.75 Å². The normalized spacial score (nSPS) is 10.1. The van der Waals surface area contributed by atoms with E-state index in [1.165, 1.54) is 0 Å². The summed E-state index contributed by atoms with van der Waals surface area (Å²) in [4.78, 5) is 0. The van der Waals surface area contributed by atoms with Crippen molar-refractivity contribution in [2.24, 2.45) is 0 Å². The Labute approximate surface area is 94.6 Å². The molecule has 0 aliphatic heterocycles. The molecule has 0 bridgehead atoms. The molecule has 0 unspecified atom stereocenters. The van der Waals surface area contributed by atoms with Crippen molar-refractivity contribution in [1.82, 2.24) is 0 Å². The van der Waals surface area contributed by atoms with Gasteiger partial charge >= 0.3 is 0 Å². The van der Waals surface area contributed by atoms with Crippen LogP contribution >= 0.6 is 0 Å². The molecule has 0 aliphatic carbocycles. The Kier molecular flexibility index (Phi) is 2.68. The third-order valence-electron chi connectivity index (χ3n) is 2.48. The average molecular weight is 214 g/mol. The number of methoxy groups -OCH3 is 1. The lowest BCUT2D eigenvalue weighted by Gasteiger charge is -2.08. The van der Waals surface area contributed by atoms with E-state index in [2.05, 4.69) is 0 Å². The molecule has 0 saturated carbocycles. The summed E-state index contributed by atoms with van der Waals surface area (Å²) >= 11 is 0. The first kappa shape index (κ1) is 10.4. The van der Waals surface area contributed by atoms with Crippen molar-refractivity contribution in [3.8, 4) is 16.9 Å². The molecule has 0 saturated heterocycles. The smallest absolute Gasteiger partial charge is 0.120 e. The second-order valence-electron chi connectivity index (χ2n) is 3.58. The third-order valence-corrected chi connectivity index (χ3v) is 2.48. The molecule has 2 aromatic rings. The predicted molar refractivity (Wildman–Crippen MR) is 67.3 cm³/mol. The number of anilines is 2. The first-order valence-electron chi connectivity index (χ1n) is 5.00. The van der Waals surface area contributed by atoms with Crippen LogP contribution in [-0.2, 0) is 0 Å². The average Bonchev–Trinajstić information content (AvgIpc) is 2.30. The van der Waals surface area contributed by atoms with Crippen molar-refractivity contribution in [3.63, 3.8) is 0 Å². The van der Waals surface area contributed by atoms with Gasteiger partial charge in [-0.15, -0.1) is 0 Å². The lowest BCUT2D eigenvalue weighted by molar-refractivity contribution is 0.415. The summed E-state index contributed by atoms with van der Waals surface area (Å²) < 4.78 is 5.10. The van der Waals surface area contributed by atoms with Gasteiger partial charge in [0.05, 0.1) is 7.11 Å². The summed E-state index contributed by atoms with van der Waals surface area (Å²) in [5.41, 5.74) is 15.1. The van der Waals surface area contributed by atoms with Crippen molar-refractivity contribution >= 4 is 11.4 Å². The first-order valence-corrected chi connectivity index (χ1v) is 5.00. The molecule has 82 valence electrons. The van der Waals surface area contributed by atoms with Gasteiger partial charge in [0, 0.05) is 23.0 Å². The van der Waals surface area contributed by atoms with Gasteiger partial charge in [-0.05, 0) is 29.8 Å². The van der Waals surface area contributed by atoms with Gasteiger partial charge in [0.25, 0.3) is 0 Å². The highest BCUT2D eigenvalue weighted by Gasteiger charge is 2.03.